The fourth-order valence-electron chi connectivity index (χ4n) is 7.62. The zero-order valence-electron chi connectivity index (χ0n) is 35.5. The minimum absolute atomic E-state index is 0.177. The number of benzene rings is 7. The number of aryl methyl sites for hydroxylation is 1. The van der Waals surface area contributed by atoms with Crippen molar-refractivity contribution in [2.45, 2.75) is 78.6 Å². The van der Waals surface area contributed by atoms with Crippen LogP contribution in [0.4, 0.5) is 0 Å². The first kappa shape index (κ1) is 44.6. The van der Waals surface area contributed by atoms with Crippen molar-refractivity contribution in [3.8, 4) is 22.3 Å². The maximum atomic E-state index is 4.93. The van der Waals surface area contributed by atoms with E-state index in [1.165, 1.54) is 88.4 Å². The van der Waals surface area contributed by atoms with Crippen LogP contribution >= 0.6 is 17.0 Å². The zero-order valence-corrected chi connectivity index (χ0v) is 40.4. The Kier molecular flexibility index (Phi) is 15.6. The summed E-state index contributed by atoms with van der Waals surface area (Å²) < 4.78 is 0. The van der Waals surface area contributed by atoms with E-state index in [-0.39, 0.29) is 10.8 Å². The second-order valence-electron chi connectivity index (χ2n) is 17.2. The minimum atomic E-state index is -0.826. The van der Waals surface area contributed by atoms with Crippen molar-refractivity contribution in [3.63, 3.8) is 0 Å². The van der Waals surface area contributed by atoms with Crippen LogP contribution < -0.4 is 10.4 Å². The van der Waals surface area contributed by atoms with Gasteiger partial charge in [-0.3, -0.25) is 0 Å². The Bertz CT molecular complexity index is 2470. The molecular weight excluding hydrogens is 851 g/mol. The summed E-state index contributed by atoms with van der Waals surface area (Å²) >= 11 is -0.826. The second kappa shape index (κ2) is 20.6. The van der Waals surface area contributed by atoms with Crippen LogP contribution in [0.15, 0.2) is 164 Å². The molecule has 1 aliphatic rings. The second-order valence-corrected chi connectivity index (χ2v) is 22.3. The Hall–Kier alpha value is -3.91. The van der Waals surface area contributed by atoms with Gasteiger partial charge >= 0.3 is 37.9 Å². The summed E-state index contributed by atoms with van der Waals surface area (Å²) in [5.74, 6) is 0. The van der Waals surface area contributed by atoms with E-state index in [2.05, 4.69) is 218 Å². The molecule has 2 radical (unpaired) electrons. The van der Waals surface area contributed by atoms with Crippen LogP contribution in [0.1, 0.15) is 82.7 Å². The van der Waals surface area contributed by atoms with E-state index in [4.69, 9.17) is 17.0 Å². The van der Waals surface area contributed by atoms with Gasteiger partial charge in [0, 0.05) is 0 Å². The summed E-state index contributed by atoms with van der Waals surface area (Å²) in [5.41, 5.74) is 12.9. The quantitative estimate of drug-likeness (QED) is 0.119. The van der Waals surface area contributed by atoms with Crippen molar-refractivity contribution in [1.82, 2.24) is 0 Å². The van der Waals surface area contributed by atoms with Gasteiger partial charge in [0.25, 0.3) is 0 Å². The molecule has 0 nitrogen and oxygen atoms in total. The van der Waals surface area contributed by atoms with Gasteiger partial charge in [0.05, 0.1) is 0 Å². The molecule has 0 unspecified atom stereocenters. The van der Waals surface area contributed by atoms with Gasteiger partial charge in [-0.1, -0.05) is 215 Å². The molecular formula is C55H54Cl2SiZr. The molecule has 59 heavy (non-hydrogen) atoms. The van der Waals surface area contributed by atoms with Gasteiger partial charge in [-0.2, -0.15) is 35.4 Å². The third-order valence-corrected chi connectivity index (χ3v) is 12.0. The van der Waals surface area contributed by atoms with E-state index < -0.39 is 20.8 Å². The summed E-state index contributed by atoms with van der Waals surface area (Å²) in [6, 6.07) is 62.8. The molecule has 1 aliphatic carbocycles. The van der Waals surface area contributed by atoms with E-state index in [1.54, 1.807) is 0 Å². The first-order valence-corrected chi connectivity index (χ1v) is 27.9. The van der Waals surface area contributed by atoms with Crippen LogP contribution in [0.3, 0.4) is 0 Å². The Labute approximate surface area is 374 Å². The number of rotatable bonds is 5. The number of hydrogen-bond acceptors (Lipinski definition) is 0. The molecule has 0 saturated carbocycles. The molecule has 0 atom stereocenters. The number of halogens is 2. The number of fused-ring (bicyclic) bond motifs is 5. The first-order valence-electron chi connectivity index (χ1n) is 20.6. The maximum absolute atomic E-state index is 4.93. The van der Waals surface area contributed by atoms with Gasteiger partial charge in [0.15, 0.2) is 0 Å². The van der Waals surface area contributed by atoms with Crippen LogP contribution in [0, 0.1) is 6.07 Å². The SMILES string of the molecule is CC(C)(C)c1c[c-]c2c(c1)-c1cc(C(C)(C)C)ccc1C2.CCCc1cc2c(-c3cccc4ccccc34)cccc2[cH-]1.[Cl][Zr+2][Cl].c1ccc([Si]c2ccccc2)cc1. The zero-order chi connectivity index (χ0) is 42.0. The molecule has 0 aliphatic heterocycles. The van der Waals surface area contributed by atoms with Crippen molar-refractivity contribution in [2.24, 2.45) is 0 Å². The normalized spacial score (nSPS) is 11.5. The van der Waals surface area contributed by atoms with Crippen LogP contribution in [0.2, 0.25) is 0 Å². The van der Waals surface area contributed by atoms with E-state index in [9.17, 15) is 0 Å². The van der Waals surface area contributed by atoms with Crippen molar-refractivity contribution < 1.29 is 20.8 Å². The van der Waals surface area contributed by atoms with Gasteiger partial charge in [0.2, 0.25) is 0 Å². The maximum Gasteiger partial charge on any atom is 0.121 e. The Morgan fingerprint density at radius 2 is 1.15 bits per heavy atom. The molecule has 8 aromatic rings. The standard InChI is InChI=1S/C22H19.C21H25.C12H10Si.2ClH.Zr/c1-2-7-16-14-18-10-6-13-21(22(18)15-16)20-12-5-9-17-8-3-4-11-19(17)20;1-20(2,3)16-9-7-14-11-15-8-10-17(21(4,5)6)13-19(15)18(14)12-16;1-3-7-11(8-4-1)13-12-9-5-2-6-10-12;;;/h3-6,8-15H,2,7H2,1H3;7,9-10,12-13H,11H2,1-6H3;1-10H;2*1H;/q2*-1;;;;+4/p-2. The minimum Gasteiger partial charge on any atom is -0.0631 e. The van der Waals surface area contributed by atoms with E-state index in [0.717, 1.165) is 22.4 Å². The summed E-state index contributed by atoms with van der Waals surface area (Å²) in [6.07, 6.45) is 3.38. The third-order valence-electron chi connectivity index (χ3n) is 10.8. The van der Waals surface area contributed by atoms with Gasteiger partial charge in [0.1, 0.15) is 9.52 Å². The van der Waals surface area contributed by atoms with Crippen LogP contribution in [-0.4, -0.2) is 9.52 Å². The third kappa shape index (κ3) is 11.7. The summed E-state index contributed by atoms with van der Waals surface area (Å²) in [6.45, 7) is 15.9. The predicted octanol–water partition coefficient (Wildman–Crippen LogP) is 14.7. The smallest absolute Gasteiger partial charge is 0.0631 e. The Morgan fingerprint density at radius 3 is 1.78 bits per heavy atom. The molecule has 0 saturated heterocycles. The first-order chi connectivity index (χ1) is 28.4. The van der Waals surface area contributed by atoms with E-state index in [1.807, 2.05) is 0 Å². The van der Waals surface area contributed by atoms with Crippen LogP contribution in [0.5, 0.6) is 0 Å². The molecule has 9 rings (SSSR count). The topological polar surface area (TPSA) is 0 Å². The molecule has 8 aromatic carbocycles. The molecule has 4 heteroatoms. The molecule has 0 amide bonds. The molecule has 0 aromatic heterocycles. The molecule has 0 bridgehead atoms. The van der Waals surface area contributed by atoms with Crippen LogP contribution in [0.25, 0.3) is 43.8 Å². The Balaban J connectivity index is 0.000000148. The largest absolute Gasteiger partial charge is 0.121 e. The molecule has 0 heterocycles. The van der Waals surface area contributed by atoms with Gasteiger partial charge in [-0.25, -0.2) is 0 Å². The number of hydrogen-bond donors (Lipinski definition) is 0. The monoisotopic (exact) mass is 902 g/mol. The van der Waals surface area contributed by atoms with E-state index >= 15 is 0 Å². The van der Waals surface area contributed by atoms with Gasteiger partial charge in [-0.05, 0) is 40.2 Å². The average molecular weight is 905 g/mol. The molecule has 0 spiro atoms. The summed E-state index contributed by atoms with van der Waals surface area (Å²) in [7, 11) is 10.6. The van der Waals surface area contributed by atoms with E-state index in [0.29, 0.717) is 0 Å². The van der Waals surface area contributed by atoms with Crippen molar-refractivity contribution in [3.05, 3.63) is 198 Å². The molecule has 0 fully saturated rings. The van der Waals surface area contributed by atoms with Crippen LogP contribution in [-0.2, 0) is 44.5 Å². The Morgan fingerprint density at radius 1 is 0.593 bits per heavy atom. The predicted molar refractivity (Wildman–Crippen MR) is 257 cm³/mol. The van der Waals surface area contributed by atoms with Gasteiger partial charge < -0.3 is 0 Å². The van der Waals surface area contributed by atoms with Crippen molar-refractivity contribution in [2.75, 3.05) is 0 Å². The fraction of sp³-hybridized carbons (Fsp3) is 0.218. The fourth-order valence-corrected chi connectivity index (χ4v) is 8.67. The summed E-state index contributed by atoms with van der Waals surface area (Å²) in [4.78, 5) is 0. The average Bonchev–Trinajstić information content (AvgIpc) is 3.82. The van der Waals surface area contributed by atoms with Crippen molar-refractivity contribution in [1.29, 1.82) is 0 Å². The summed E-state index contributed by atoms with van der Waals surface area (Å²) in [5, 5.41) is 8.16. The molecule has 0 N–H and O–H groups in total. The van der Waals surface area contributed by atoms with Crippen molar-refractivity contribution >= 4 is 58.5 Å². The molecule has 296 valence electrons. The van der Waals surface area contributed by atoms with Gasteiger partial charge in [-0.15, -0.1) is 40.1 Å².